The summed E-state index contributed by atoms with van der Waals surface area (Å²) in [5.41, 5.74) is 0. The van der Waals surface area contributed by atoms with Gasteiger partial charge in [-0.05, 0) is 40.3 Å². The number of hydrogen-bond acceptors (Lipinski definition) is 4. The topological polar surface area (TPSA) is 71.1 Å². The summed E-state index contributed by atoms with van der Waals surface area (Å²) in [4.78, 5) is 20.3. The van der Waals surface area contributed by atoms with Gasteiger partial charge < -0.3 is 10.6 Å². The van der Waals surface area contributed by atoms with Gasteiger partial charge in [0.2, 0.25) is 0 Å². The number of rotatable bonds is 1. The third kappa shape index (κ3) is 5.90. The van der Waals surface area contributed by atoms with E-state index in [4.69, 9.17) is 21.8 Å². The summed E-state index contributed by atoms with van der Waals surface area (Å²) in [7, 11) is 1.76. The molecule has 1 aromatic rings. The molecular formula is C8H8BrN3O2S. The highest BCUT2D eigenvalue weighted by atomic mass is 79.9. The average molecular weight is 290 g/mol. The zero-order valence-corrected chi connectivity index (χ0v) is 10.2. The van der Waals surface area contributed by atoms with E-state index in [1.165, 1.54) is 0 Å². The molecule has 0 saturated carbocycles. The summed E-state index contributed by atoms with van der Waals surface area (Å²) >= 11 is 8.26. The van der Waals surface area contributed by atoms with Crippen LogP contribution in [0.3, 0.4) is 0 Å². The molecule has 0 atom stereocenters. The Morgan fingerprint density at radius 1 is 1.60 bits per heavy atom. The molecular weight excluding hydrogens is 282 g/mol. The van der Waals surface area contributed by atoms with Gasteiger partial charge in [-0.3, -0.25) is 0 Å². The zero-order valence-electron chi connectivity index (χ0n) is 7.78. The first-order valence-corrected chi connectivity index (χ1v) is 4.94. The van der Waals surface area contributed by atoms with Crippen LogP contribution >= 0.6 is 28.1 Å². The molecule has 80 valence electrons. The molecule has 0 unspecified atom stereocenters. The lowest BCUT2D eigenvalue weighted by Crippen LogP contribution is -2.24. The molecule has 0 aliphatic rings. The van der Waals surface area contributed by atoms with Crippen LogP contribution in [0.4, 0.5) is 5.82 Å². The van der Waals surface area contributed by atoms with Crippen molar-refractivity contribution >= 4 is 45.2 Å². The molecule has 15 heavy (non-hydrogen) atoms. The number of halogens is 1. The van der Waals surface area contributed by atoms with Crippen molar-refractivity contribution in [3.8, 4) is 0 Å². The van der Waals surface area contributed by atoms with Gasteiger partial charge in [-0.1, -0.05) is 0 Å². The number of carbonyl (C=O) groups excluding carboxylic acids is 2. The van der Waals surface area contributed by atoms with Gasteiger partial charge in [0.25, 0.3) is 0 Å². The van der Waals surface area contributed by atoms with E-state index in [1.807, 2.05) is 12.1 Å². The van der Waals surface area contributed by atoms with E-state index in [2.05, 4.69) is 31.5 Å². The quantitative estimate of drug-likeness (QED) is 0.757. The SMILES string of the molecule is CNC(=S)Nc1ncccc1Br.O=C=O. The molecule has 0 radical (unpaired) electrons. The molecule has 0 spiro atoms. The molecule has 1 heterocycles. The van der Waals surface area contributed by atoms with Crippen LogP contribution in [0.25, 0.3) is 0 Å². The summed E-state index contributed by atoms with van der Waals surface area (Å²) in [6.07, 6.45) is 1.95. The Hall–Kier alpha value is -1.30. The van der Waals surface area contributed by atoms with E-state index < -0.39 is 0 Å². The minimum Gasteiger partial charge on any atom is -0.365 e. The first-order valence-electron chi connectivity index (χ1n) is 3.74. The van der Waals surface area contributed by atoms with Gasteiger partial charge in [-0.25, -0.2) is 4.98 Å². The van der Waals surface area contributed by atoms with Crippen molar-refractivity contribution in [1.82, 2.24) is 10.3 Å². The molecule has 0 aliphatic heterocycles. The van der Waals surface area contributed by atoms with Crippen LogP contribution in [-0.2, 0) is 9.59 Å². The molecule has 5 nitrogen and oxygen atoms in total. The Labute approximate surface area is 100 Å². The highest BCUT2D eigenvalue weighted by Crippen LogP contribution is 2.17. The second-order valence-electron chi connectivity index (χ2n) is 2.12. The van der Waals surface area contributed by atoms with Gasteiger partial charge in [0.05, 0.1) is 4.47 Å². The van der Waals surface area contributed by atoms with Gasteiger partial charge in [-0.15, -0.1) is 0 Å². The van der Waals surface area contributed by atoms with Gasteiger partial charge in [0.15, 0.2) is 5.11 Å². The number of nitrogens with zero attached hydrogens (tertiary/aromatic N) is 1. The van der Waals surface area contributed by atoms with Crippen molar-refractivity contribution in [1.29, 1.82) is 0 Å². The van der Waals surface area contributed by atoms with Crippen molar-refractivity contribution in [2.45, 2.75) is 0 Å². The first kappa shape index (κ1) is 13.7. The predicted molar refractivity (Wildman–Crippen MR) is 62.2 cm³/mol. The largest absolute Gasteiger partial charge is 0.373 e. The fourth-order valence-corrected chi connectivity index (χ4v) is 1.10. The van der Waals surface area contributed by atoms with Crippen LogP contribution < -0.4 is 10.6 Å². The van der Waals surface area contributed by atoms with Crippen molar-refractivity contribution in [3.63, 3.8) is 0 Å². The van der Waals surface area contributed by atoms with E-state index in [0.29, 0.717) is 5.11 Å². The maximum absolute atomic E-state index is 8.12. The van der Waals surface area contributed by atoms with Crippen molar-refractivity contribution in [2.24, 2.45) is 0 Å². The fourth-order valence-electron chi connectivity index (χ4n) is 0.648. The number of aromatic nitrogens is 1. The molecule has 7 heteroatoms. The molecule has 0 saturated heterocycles. The number of pyridine rings is 1. The predicted octanol–water partition coefficient (Wildman–Crippen LogP) is 1.18. The van der Waals surface area contributed by atoms with E-state index in [0.717, 1.165) is 10.3 Å². The van der Waals surface area contributed by atoms with Crippen LogP contribution in [0.15, 0.2) is 22.8 Å². The molecule has 0 aromatic carbocycles. The molecule has 0 fully saturated rings. The van der Waals surface area contributed by atoms with E-state index in [-0.39, 0.29) is 6.15 Å². The van der Waals surface area contributed by atoms with Crippen LogP contribution in [-0.4, -0.2) is 23.3 Å². The zero-order chi connectivity index (χ0) is 11.7. The van der Waals surface area contributed by atoms with Gasteiger partial charge >= 0.3 is 6.15 Å². The van der Waals surface area contributed by atoms with Crippen molar-refractivity contribution < 1.29 is 9.59 Å². The van der Waals surface area contributed by atoms with Crippen LogP contribution in [0.5, 0.6) is 0 Å². The van der Waals surface area contributed by atoms with E-state index >= 15 is 0 Å². The number of nitrogens with one attached hydrogen (secondary N) is 2. The maximum Gasteiger partial charge on any atom is 0.373 e. The minimum atomic E-state index is 0.250. The number of anilines is 1. The van der Waals surface area contributed by atoms with Gasteiger partial charge in [0.1, 0.15) is 5.82 Å². The molecule has 1 rings (SSSR count). The lowest BCUT2D eigenvalue weighted by atomic mass is 10.5. The van der Waals surface area contributed by atoms with Crippen LogP contribution in [0.1, 0.15) is 0 Å². The lowest BCUT2D eigenvalue weighted by Gasteiger charge is -2.06. The Morgan fingerprint density at radius 2 is 2.20 bits per heavy atom. The van der Waals surface area contributed by atoms with Crippen molar-refractivity contribution in [2.75, 3.05) is 12.4 Å². The highest BCUT2D eigenvalue weighted by molar-refractivity contribution is 9.10. The second-order valence-corrected chi connectivity index (χ2v) is 3.38. The fraction of sp³-hybridized carbons (Fsp3) is 0.125. The average Bonchev–Trinajstić information content (AvgIpc) is 2.22. The lowest BCUT2D eigenvalue weighted by molar-refractivity contribution is -0.191. The molecule has 2 N–H and O–H groups in total. The van der Waals surface area contributed by atoms with E-state index in [1.54, 1.807) is 13.2 Å². The van der Waals surface area contributed by atoms with Crippen LogP contribution in [0, 0.1) is 0 Å². The number of hydrogen-bond donors (Lipinski definition) is 2. The Balaban J connectivity index is 0.000000583. The highest BCUT2D eigenvalue weighted by Gasteiger charge is 1.99. The Kier molecular flexibility index (Phi) is 7.35. The third-order valence-electron chi connectivity index (χ3n) is 1.22. The van der Waals surface area contributed by atoms with Gasteiger partial charge in [0, 0.05) is 13.2 Å². The Bertz CT molecular complexity index is 367. The molecule has 1 aromatic heterocycles. The van der Waals surface area contributed by atoms with Crippen molar-refractivity contribution in [3.05, 3.63) is 22.8 Å². The normalized spacial score (nSPS) is 7.87. The number of thiocarbonyl (C=S) groups is 1. The summed E-state index contributed by atoms with van der Waals surface area (Å²) in [5.74, 6) is 0.719. The second kappa shape index (κ2) is 8.05. The van der Waals surface area contributed by atoms with Crippen LogP contribution in [0.2, 0.25) is 0 Å². The summed E-state index contributed by atoms with van der Waals surface area (Å²) < 4.78 is 0.891. The molecule has 0 bridgehead atoms. The maximum atomic E-state index is 8.12. The molecule has 0 amide bonds. The minimum absolute atomic E-state index is 0.250. The summed E-state index contributed by atoms with van der Waals surface area (Å²) in [5, 5.41) is 6.27. The summed E-state index contributed by atoms with van der Waals surface area (Å²) in [6.45, 7) is 0. The smallest absolute Gasteiger partial charge is 0.365 e. The van der Waals surface area contributed by atoms with E-state index in [9.17, 15) is 0 Å². The summed E-state index contributed by atoms with van der Waals surface area (Å²) in [6, 6.07) is 3.74. The molecule has 0 aliphatic carbocycles. The first-order chi connectivity index (χ1) is 7.15. The standard InChI is InChI=1S/C7H8BrN3S.CO2/c1-9-7(12)11-6-5(8)3-2-4-10-6;2-1-3/h2-4H,1H3,(H2,9,10,11,12);. The Morgan fingerprint density at radius 3 is 2.67 bits per heavy atom. The third-order valence-corrected chi connectivity index (χ3v) is 2.16. The van der Waals surface area contributed by atoms with Gasteiger partial charge in [-0.2, -0.15) is 9.59 Å². The monoisotopic (exact) mass is 289 g/mol.